The summed E-state index contributed by atoms with van der Waals surface area (Å²) in [6.45, 7) is 4.07. The van der Waals surface area contributed by atoms with E-state index < -0.39 is 0 Å². The lowest BCUT2D eigenvalue weighted by molar-refractivity contribution is -0.120. The molecule has 15 heavy (non-hydrogen) atoms. The Balaban J connectivity index is 1.99. The van der Waals surface area contributed by atoms with Crippen molar-refractivity contribution >= 4 is 5.78 Å². The predicted molar refractivity (Wildman–Crippen MR) is 61.6 cm³/mol. The van der Waals surface area contributed by atoms with Crippen LogP contribution in [-0.4, -0.2) is 11.9 Å². The molecule has 2 nitrogen and oxygen atoms in total. The second kappa shape index (κ2) is 6.65. The molecule has 0 bridgehead atoms. The van der Waals surface area contributed by atoms with Crippen LogP contribution in [0.4, 0.5) is 0 Å². The highest BCUT2D eigenvalue weighted by Gasteiger charge is 2.23. The number of hydrogen-bond donors (Lipinski definition) is 0. The quantitative estimate of drug-likeness (QED) is 0.600. The summed E-state index contributed by atoms with van der Waals surface area (Å²) in [7, 11) is 0. The normalized spacial score (nSPS) is 20.3. The third-order valence-corrected chi connectivity index (χ3v) is 2.81. The van der Waals surface area contributed by atoms with Crippen LogP contribution in [0.5, 0.6) is 0 Å². The predicted octanol–water partition coefficient (Wildman–Crippen LogP) is 3.61. The third kappa shape index (κ3) is 4.50. The Kier molecular flexibility index (Phi) is 5.44. The van der Waals surface area contributed by atoms with Crippen LogP contribution < -0.4 is 0 Å². The minimum absolute atomic E-state index is 0.154. The standard InChI is InChI=1S/C13H22O2/c1-3-4-5-6-7-8-9-13-12(14)10-11(2)15-13/h10,13H,3-9H2,1-2H3/t13-/m1/s1. The van der Waals surface area contributed by atoms with Crippen molar-refractivity contribution in [3.63, 3.8) is 0 Å². The van der Waals surface area contributed by atoms with Gasteiger partial charge in [-0.3, -0.25) is 4.79 Å². The van der Waals surface area contributed by atoms with Gasteiger partial charge in [0.25, 0.3) is 0 Å². The van der Waals surface area contributed by atoms with Crippen LogP contribution >= 0.6 is 0 Å². The van der Waals surface area contributed by atoms with Gasteiger partial charge >= 0.3 is 0 Å². The molecule has 0 spiro atoms. The molecule has 0 unspecified atom stereocenters. The first kappa shape index (κ1) is 12.3. The number of ether oxygens (including phenoxy) is 1. The molecule has 0 aromatic carbocycles. The summed E-state index contributed by atoms with van der Waals surface area (Å²) in [4.78, 5) is 11.3. The molecular weight excluding hydrogens is 188 g/mol. The summed E-state index contributed by atoms with van der Waals surface area (Å²) < 4.78 is 5.41. The van der Waals surface area contributed by atoms with Crippen LogP contribution in [-0.2, 0) is 9.53 Å². The number of hydrogen-bond acceptors (Lipinski definition) is 2. The Labute approximate surface area is 92.7 Å². The van der Waals surface area contributed by atoms with E-state index in [1.54, 1.807) is 6.08 Å². The zero-order chi connectivity index (χ0) is 11.1. The molecule has 1 aliphatic rings. The molecule has 0 aliphatic carbocycles. The summed E-state index contributed by atoms with van der Waals surface area (Å²) in [6, 6.07) is 0. The first-order valence-electron chi connectivity index (χ1n) is 6.13. The van der Waals surface area contributed by atoms with Gasteiger partial charge in [-0.25, -0.2) is 0 Å². The molecule has 0 fully saturated rings. The van der Waals surface area contributed by atoms with Gasteiger partial charge < -0.3 is 4.74 Å². The van der Waals surface area contributed by atoms with Gasteiger partial charge in [0.1, 0.15) is 0 Å². The molecule has 1 rings (SSSR count). The Morgan fingerprint density at radius 3 is 2.47 bits per heavy atom. The van der Waals surface area contributed by atoms with Gasteiger partial charge in [-0.1, -0.05) is 39.0 Å². The van der Waals surface area contributed by atoms with Crippen molar-refractivity contribution in [1.82, 2.24) is 0 Å². The van der Waals surface area contributed by atoms with Gasteiger partial charge in [-0.2, -0.15) is 0 Å². The second-order valence-corrected chi connectivity index (χ2v) is 4.32. The lowest BCUT2D eigenvalue weighted by Crippen LogP contribution is -2.15. The number of ketones is 1. The van der Waals surface area contributed by atoms with Crippen molar-refractivity contribution in [2.45, 2.75) is 64.9 Å². The van der Waals surface area contributed by atoms with Crippen LogP contribution in [0.15, 0.2) is 11.8 Å². The molecule has 0 radical (unpaired) electrons. The van der Waals surface area contributed by atoms with E-state index in [0.717, 1.165) is 18.6 Å². The monoisotopic (exact) mass is 210 g/mol. The lowest BCUT2D eigenvalue weighted by atomic mass is 10.1. The van der Waals surface area contributed by atoms with E-state index in [9.17, 15) is 4.79 Å². The van der Waals surface area contributed by atoms with Crippen molar-refractivity contribution in [2.75, 3.05) is 0 Å². The SMILES string of the molecule is CCCCCCCC[C@H]1OC(C)=CC1=O. The first-order valence-corrected chi connectivity index (χ1v) is 6.13. The molecule has 0 aromatic rings. The zero-order valence-corrected chi connectivity index (χ0v) is 9.92. The van der Waals surface area contributed by atoms with Crippen molar-refractivity contribution in [2.24, 2.45) is 0 Å². The molecule has 1 atom stereocenters. The van der Waals surface area contributed by atoms with E-state index in [0.29, 0.717) is 0 Å². The third-order valence-electron chi connectivity index (χ3n) is 2.81. The molecule has 0 saturated carbocycles. The van der Waals surface area contributed by atoms with Crippen molar-refractivity contribution in [1.29, 1.82) is 0 Å². The number of allylic oxidation sites excluding steroid dienone is 1. The van der Waals surface area contributed by atoms with Crippen LogP contribution in [0, 0.1) is 0 Å². The maximum absolute atomic E-state index is 11.3. The zero-order valence-electron chi connectivity index (χ0n) is 9.92. The van der Waals surface area contributed by atoms with Gasteiger partial charge in [0.15, 0.2) is 11.9 Å². The molecule has 2 heteroatoms. The molecular formula is C13H22O2. The largest absolute Gasteiger partial charge is 0.487 e. The average molecular weight is 210 g/mol. The molecule has 1 aliphatic heterocycles. The van der Waals surface area contributed by atoms with E-state index in [4.69, 9.17) is 4.74 Å². The number of carbonyl (C=O) groups excluding carboxylic acids is 1. The number of carbonyl (C=O) groups is 1. The van der Waals surface area contributed by atoms with E-state index in [-0.39, 0.29) is 11.9 Å². The number of unbranched alkanes of at least 4 members (excludes halogenated alkanes) is 5. The first-order chi connectivity index (χ1) is 7.24. The number of rotatable bonds is 7. The fourth-order valence-electron chi connectivity index (χ4n) is 1.92. The van der Waals surface area contributed by atoms with E-state index in [1.165, 1.54) is 32.1 Å². The summed E-state index contributed by atoms with van der Waals surface area (Å²) >= 11 is 0. The van der Waals surface area contributed by atoms with Crippen molar-refractivity contribution in [3.8, 4) is 0 Å². The average Bonchev–Trinajstić information content (AvgIpc) is 2.51. The smallest absolute Gasteiger partial charge is 0.199 e. The summed E-state index contributed by atoms with van der Waals surface area (Å²) in [5, 5.41) is 0. The van der Waals surface area contributed by atoms with Gasteiger partial charge in [0.2, 0.25) is 0 Å². The van der Waals surface area contributed by atoms with Gasteiger partial charge in [-0.05, 0) is 19.8 Å². The summed E-state index contributed by atoms with van der Waals surface area (Å²) in [6.07, 6.45) is 9.91. The van der Waals surface area contributed by atoms with Gasteiger partial charge in [0.05, 0.1) is 5.76 Å². The van der Waals surface area contributed by atoms with Crippen molar-refractivity contribution in [3.05, 3.63) is 11.8 Å². The minimum atomic E-state index is -0.170. The van der Waals surface area contributed by atoms with Gasteiger partial charge in [0, 0.05) is 6.08 Å². The van der Waals surface area contributed by atoms with E-state index in [2.05, 4.69) is 6.92 Å². The Morgan fingerprint density at radius 2 is 1.87 bits per heavy atom. The van der Waals surface area contributed by atoms with Crippen LogP contribution in [0.1, 0.15) is 58.8 Å². The van der Waals surface area contributed by atoms with E-state index >= 15 is 0 Å². The molecule has 0 aromatic heterocycles. The minimum Gasteiger partial charge on any atom is -0.487 e. The maximum atomic E-state index is 11.3. The van der Waals surface area contributed by atoms with Crippen LogP contribution in [0.3, 0.4) is 0 Å². The lowest BCUT2D eigenvalue weighted by Gasteiger charge is -2.09. The van der Waals surface area contributed by atoms with E-state index in [1.807, 2.05) is 6.92 Å². The Hall–Kier alpha value is -0.790. The molecule has 0 amide bonds. The van der Waals surface area contributed by atoms with Crippen molar-refractivity contribution < 1.29 is 9.53 Å². The molecule has 86 valence electrons. The highest BCUT2D eigenvalue weighted by atomic mass is 16.5. The Bertz CT molecular complexity index is 231. The van der Waals surface area contributed by atoms with Gasteiger partial charge in [-0.15, -0.1) is 0 Å². The van der Waals surface area contributed by atoms with Crippen LogP contribution in [0.25, 0.3) is 0 Å². The Morgan fingerprint density at radius 1 is 1.20 bits per heavy atom. The molecule has 0 saturated heterocycles. The van der Waals surface area contributed by atoms with Crippen LogP contribution in [0.2, 0.25) is 0 Å². The molecule has 1 heterocycles. The summed E-state index contributed by atoms with van der Waals surface area (Å²) in [5.41, 5.74) is 0. The highest BCUT2D eigenvalue weighted by Crippen LogP contribution is 2.19. The second-order valence-electron chi connectivity index (χ2n) is 4.32. The molecule has 0 N–H and O–H groups in total. The maximum Gasteiger partial charge on any atom is 0.199 e. The highest BCUT2D eigenvalue weighted by molar-refractivity contribution is 5.95. The summed E-state index contributed by atoms with van der Waals surface area (Å²) in [5.74, 6) is 0.928. The fourth-order valence-corrected chi connectivity index (χ4v) is 1.92. The fraction of sp³-hybridized carbons (Fsp3) is 0.769. The topological polar surface area (TPSA) is 26.3 Å².